The highest BCUT2D eigenvalue weighted by molar-refractivity contribution is 5.05. The quantitative estimate of drug-likeness (QED) is 0.451. The molecule has 0 aliphatic rings. The first-order chi connectivity index (χ1) is 10.7. The summed E-state index contributed by atoms with van der Waals surface area (Å²) in [6.45, 7) is 29.8. The van der Waals surface area contributed by atoms with Gasteiger partial charge in [-0.15, -0.1) is 6.58 Å². The molecule has 0 rings (SSSR count). The van der Waals surface area contributed by atoms with E-state index in [-0.39, 0.29) is 0 Å². The lowest BCUT2D eigenvalue weighted by atomic mass is 10.3. The molecule has 0 aliphatic heterocycles. The van der Waals surface area contributed by atoms with Gasteiger partial charge in [-0.3, -0.25) is 0 Å². The topological polar surface area (TPSA) is 24.1 Å². The smallest absolute Gasteiger partial charge is 0.00276 e. The molecule has 0 aromatic carbocycles. The normalized spacial score (nSPS) is 7.13. The molecule has 2 N–H and O–H groups in total. The van der Waals surface area contributed by atoms with Gasteiger partial charge in [-0.25, -0.2) is 0 Å². The highest BCUT2D eigenvalue weighted by atomic mass is 14.8. The van der Waals surface area contributed by atoms with Crippen LogP contribution in [0, 0.1) is 5.92 Å². The first kappa shape index (κ1) is 37.7. The summed E-state index contributed by atoms with van der Waals surface area (Å²) < 4.78 is 0. The largest absolute Gasteiger partial charge is 0.394 e. The molecule has 0 aliphatic carbocycles. The summed E-state index contributed by atoms with van der Waals surface area (Å²) >= 11 is 0. The van der Waals surface area contributed by atoms with Gasteiger partial charge >= 0.3 is 0 Å². The number of allylic oxidation sites excluding steroid dienone is 4. The molecule has 2 heteroatoms. The second kappa shape index (κ2) is 58.7. The summed E-state index contributed by atoms with van der Waals surface area (Å²) in [6, 6.07) is 0. The Labute approximate surface area is 149 Å². The van der Waals surface area contributed by atoms with E-state index in [1.807, 2.05) is 61.0 Å². The molecule has 0 radical (unpaired) electrons. The van der Waals surface area contributed by atoms with Crippen molar-refractivity contribution < 1.29 is 0 Å². The fourth-order valence-corrected chi connectivity index (χ4v) is 0.167. The van der Waals surface area contributed by atoms with E-state index in [1.54, 1.807) is 12.2 Å². The van der Waals surface area contributed by atoms with Gasteiger partial charge in [0, 0.05) is 7.05 Å². The van der Waals surface area contributed by atoms with E-state index in [2.05, 4.69) is 58.1 Å². The average molecular weight is 329 g/mol. The van der Waals surface area contributed by atoms with Gasteiger partial charge in [0.05, 0.1) is 0 Å². The van der Waals surface area contributed by atoms with Crippen LogP contribution in [0.3, 0.4) is 0 Å². The van der Waals surface area contributed by atoms with Crippen LogP contribution < -0.4 is 10.6 Å². The maximum atomic E-state index is 3.56. The fraction of sp³-hybridized carbons (Fsp3) is 0.619. The van der Waals surface area contributed by atoms with Gasteiger partial charge in [0.25, 0.3) is 0 Å². The molecule has 23 heavy (non-hydrogen) atoms. The Morgan fingerprint density at radius 2 is 1.26 bits per heavy atom. The second-order valence-electron chi connectivity index (χ2n) is 4.69. The highest BCUT2D eigenvalue weighted by Gasteiger charge is 1.68. The van der Waals surface area contributed by atoms with E-state index in [0.29, 0.717) is 0 Å². The van der Waals surface area contributed by atoms with E-state index in [4.69, 9.17) is 0 Å². The molecule has 0 aromatic rings. The van der Waals surface area contributed by atoms with Crippen LogP contribution >= 0.6 is 0 Å². The molecule has 0 atom stereocenters. The number of rotatable bonds is 3. The van der Waals surface area contributed by atoms with E-state index in [9.17, 15) is 0 Å². The third-order valence-corrected chi connectivity index (χ3v) is 1.04. The molecule has 0 saturated carbocycles. The molecule has 0 fully saturated rings. The predicted octanol–water partition coefficient (Wildman–Crippen LogP) is 6.59. The average Bonchev–Trinajstić information content (AvgIpc) is 2.51. The molecular formula is C21H48N2. The maximum absolute atomic E-state index is 3.56. The SMILES string of the molecule is C/C=C/NC.C=CC.C=CC(=C)C.CC.CC(C)C.CCNC. The van der Waals surface area contributed by atoms with Crippen molar-refractivity contribution in [3.05, 3.63) is 49.7 Å². The van der Waals surface area contributed by atoms with Gasteiger partial charge in [0.1, 0.15) is 0 Å². The van der Waals surface area contributed by atoms with Crippen molar-refractivity contribution in [2.24, 2.45) is 5.92 Å². The van der Waals surface area contributed by atoms with Gasteiger partial charge in [0.15, 0.2) is 0 Å². The lowest BCUT2D eigenvalue weighted by Crippen LogP contribution is -2.01. The first-order valence-corrected chi connectivity index (χ1v) is 8.53. The fourth-order valence-electron chi connectivity index (χ4n) is 0.167. The van der Waals surface area contributed by atoms with Crippen molar-refractivity contribution in [2.45, 2.75) is 62.3 Å². The predicted molar refractivity (Wildman–Crippen MR) is 116 cm³/mol. The summed E-state index contributed by atoms with van der Waals surface area (Å²) in [5.74, 6) is 0.833. The summed E-state index contributed by atoms with van der Waals surface area (Å²) in [4.78, 5) is 0. The molecule has 0 bridgehead atoms. The maximum Gasteiger partial charge on any atom is 0.00276 e. The van der Waals surface area contributed by atoms with Gasteiger partial charge in [0.2, 0.25) is 0 Å². The second-order valence-corrected chi connectivity index (χ2v) is 4.69. The zero-order chi connectivity index (χ0) is 20.1. The van der Waals surface area contributed by atoms with Gasteiger partial charge in [-0.05, 0) is 46.5 Å². The standard InChI is InChI=1S/C5H8.C4H9N.C4H10.C3H9N.C3H6.C2H6/c1-4-5(2)3;1-3-4-5-2;1-4(2)3;1-3-4-2;1-3-2;1-2/h4H,1-2H2,3H3;3-5H,1-2H3;4H,1-3H3;4H,3H2,1-2H3;3H,1H2,2H3;1-2H3/b;4-3+;;;;. The molecule has 0 aromatic heterocycles. The van der Waals surface area contributed by atoms with Crippen LogP contribution in [-0.4, -0.2) is 20.6 Å². The number of hydrogen-bond acceptors (Lipinski definition) is 2. The molecule has 0 unspecified atom stereocenters. The van der Waals surface area contributed by atoms with Gasteiger partial charge in [-0.1, -0.05) is 78.5 Å². The Balaban J connectivity index is -0.0000000386. The van der Waals surface area contributed by atoms with Crippen LogP contribution in [-0.2, 0) is 0 Å². The summed E-state index contributed by atoms with van der Waals surface area (Å²) in [5, 5.41) is 5.77. The zero-order valence-electron chi connectivity index (χ0n) is 18.2. The van der Waals surface area contributed by atoms with Gasteiger partial charge in [-0.2, -0.15) is 0 Å². The van der Waals surface area contributed by atoms with Crippen LogP contribution in [0.4, 0.5) is 0 Å². The lowest BCUT2D eigenvalue weighted by Gasteiger charge is -1.79. The van der Waals surface area contributed by atoms with Crippen molar-refractivity contribution in [2.75, 3.05) is 20.6 Å². The van der Waals surface area contributed by atoms with Crippen LogP contribution in [0.15, 0.2) is 49.7 Å². The Morgan fingerprint density at radius 1 is 1.04 bits per heavy atom. The van der Waals surface area contributed by atoms with Crippen LogP contribution in [0.25, 0.3) is 0 Å². The van der Waals surface area contributed by atoms with E-state index >= 15 is 0 Å². The molecule has 0 amide bonds. The van der Waals surface area contributed by atoms with Crippen LogP contribution in [0.5, 0.6) is 0 Å². The third kappa shape index (κ3) is 525. The highest BCUT2D eigenvalue weighted by Crippen LogP contribution is 1.81. The number of nitrogens with one attached hydrogen (secondary N) is 2. The molecule has 142 valence electrons. The van der Waals surface area contributed by atoms with E-state index in [1.165, 1.54) is 0 Å². The Morgan fingerprint density at radius 3 is 1.26 bits per heavy atom. The van der Waals surface area contributed by atoms with Crippen LogP contribution in [0.2, 0.25) is 0 Å². The molecule has 0 saturated heterocycles. The minimum atomic E-state index is 0.833. The third-order valence-electron chi connectivity index (χ3n) is 1.04. The summed E-state index contributed by atoms with van der Waals surface area (Å²) in [7, 11) is 3.81. The van der Waals surface area contributed by atoms with Crippen molar-refractivity contribution >= 4 is 0 Å². The van der Waals surface area contributed by atoms with Crippen molar-refractivity contribution in [1.82, 2.24) is 10.6 Å². The van der Waals surface area contributed by atoms with Gasteiger partial charge < -0.3 is 10.6 Å². The molecule has 0 heterocycles. The molecular weight excluding hydrogens is 280 g/mol. The molecule has 2 nitrogen and oxygen atoms in total. The first-order valence-electron chi connectivity index (χ1n) is 8.53. The summed E-state index contributed by atoms with van der Waals surface area (Å²) in [6.07, 6.45) is 7.29. The Kier molecular flexibility index (Phi) is 96.2. The Bertz CT molecular complexity index is 199. The minimum Gasteiger partial charge on any atom is -0.394 e. The lowest BCUT2D eigenvalue weighted by molar-refractivity contribution is 0.737. The van der Waals surface area contributed by atoms with Crippen LogP contribution in [0.1, 0.15) is 62.3 Å². The summed E-state index contributed by atoms with van der Waals surface area (Å²) in [5.41, 5.74) is 1.02. The number of hydrogen-bond donors (Lipinski definition) is 2. The van der Waals surface area contributed by atoms with E-state index < -0.39 is 0 Å². The molecule has 0 spiro atoms. The van der Waals surface area contributed by atoms with Crippen molar-refractivity contribution in [3.8, 4) is 0 Å². The monoisotopic (exact) mass is 328 g/mol. The Hall–Kier alpha value is -1.28. The van der Waals surface area contributed by atoms with E-state index in [0.717, 1.165) is 18.0 Å². The minimum absolute atomic E-state index is 0.833. The van der Waals surface area contributed by atoms with Crippen molar-refractivity contribution in [3.63, 3.8) is 0 Å². The van der Waals surface area contributed by atoms with Crippen molar-refractivity contribution in [1.29, 1.82) is 0 Å². The zero-order valence-corrected chi connectivity index (χ0v) is 18.2.